The number of hydrogen-bond acceptors (Lipinski definition) is 5. The second-order valence-corrected chi connectivity index (χ2v) is 5.75. The first-order valence-electron chi connectivity index (χ1n) is 7.65. The van der Waals surface area contributed by atoms with Crippen molar-refractivity contribution in [1.82, 2.24) is 9.97 Å². The molecule has 0 saturated heterocycles. The quantitative estimate of drug-likeness (QED) is 0.687. The zero-order valence-corrected chi connectivity index (χ0v) is 14.4. The molecule has 3 rings (SSSR count). The third-order valence-corrected chi connectivity index (χ3v) is 3.86. The Morgan fingerprint density at radius 3 is 2.84 bits per heavy atom. The van der Waals surface area contributed by atoms with Crippen LogP contribution in [0.5, 0.6) is 0 Å². The zero-order chi connectivity index (χ0) is 18.0. The number of fused-ring (bicyclic) bond motifs is 1. The number of ether oxygens (including phenoxy) is 1. The van der Waals surface area contributed by atoms with Crippen LogP contribution in [0.2, 0.25) is 5.02 Å². The fraction of sp³-hybridized carbons (Fsp3) is 0.167. The Morgan fingerprint density at radius 2 is 2.12 bits per heavy atom. The first-order chi connectivity index (χ1) is 12.0. The van der Waals surface area contributed by atoms with Crippen LogP contribution in [0.4, 0.5) is 15.8 Å². The van der Waals surface area contributed by atoms with Crippen LogP contribution < -0.4 is 5.32 Å². The summed E-state index contributed by atoms with van der Waals surface area (Å²) in [5.74, 6) is -1.08. The van der Waals surface area contributed by atoms with E-state index in [-0.39, 0.29) is 17.2 Å². The molecular weight excluding hydrogens is 345 g/mol. The van der Waals surface area contributed by atoms with Gasteiger partial charge in [-0.15, -0.1) is 0 Å². The van der Waals surface area contributed by atoms with E-state index in [0.717, 1.165) is 5.69 Å². The maximum atomic E-state index is 13.7. The molecule has 3 aromatic rings. The maximum absolute atomic E-state index is 13.7. The largest absolute Gasteiger partial charge is 0.462 e. The molecular formula is C18H15ClFN3O2. The molecule has 0 saturated carbocycles. The molecule has 2 aromatic heterocycles. The van der Waals surface area contributed by atoms with E-state index >= 15 is 0 Å². The first kappa shape index (κ1) is 17.1. The summed E-state index contributed by atoms with van der Waals surface area (Å²) in [6.07, 6.45) is 1.40. The molecule has 0 unspecified atom stereocenters. The number of nitrogens with zero attached hydrogens (tertiary/aromatic N) is 2. The van der Waals surface area contributed by atoms with Crippen molar-refractivity contribution in [2.75, 3.05) is 11.9 Å². The van der Waals surface area contributed by atoms with Crippen molar-refractivity contribution in [2.45, 2.75) is 13.8 Å². The van der Waals surface area contributed by atoms with E-state index in [1.807, 2.05) is 19.1 Å². The van der Waals surface area contributed by atoms with Crippen LogP contribution in [0, 0.1) is 12.7 Å². The molecule has 25 heavy (non-hydrogen) atoms. The van der Waals surface area contributed by atoms with Crippen molar-refractivity contribution in [3.05, 3.63) is 58.6 Å². The maximum Gasteiger partial charge on any atom is 0.341 e. The van der Waals surface area contributed by atoms with Crippen LogP contribution in [0.15, 0.2) is 36.5 Å². The minimum atomic E-state index is -0.559. The van der Waals surface area contributed by atoms with E-state index < -0.39 is 11.8 Å². The van der Waals surface area contributed by atoms with Gasteiger partial charge >= 0.3 is 5.97 Å². The lowest BCUT2D eigenvalue weighted by atomic mass is 10.1. The first-order valence-corrected chi connectivity index (χ1v) is 8.03. The van der Waals surface area contributed by atoms with Gasteiger partial charge in [-0.2, -0.15) is 0 Å². The number of aromatic nitrogens is 2. The second kappa shape index (κ2) is 7.03. The van der Waals surface area contributed by atoms with Gasteiger partial charge in [-0.25, -0.2) is 19.2 Å². The molecule has 128 valence electrons. The van der Waals surface area contributed by atoms with Gasteiger partial charge in [-0.3, -0.25) is 0 Å². The van der Waals surface area contributed by atoms with Crippen LogP contribution in [-0.2, 0) is 4.74 Å². The van der Waals surface area contributed by atoms with Gasteiger partial charge in [0.1, 0.15) is 11.4 Å². The number of esters is 1. The summed E-state index contributed by atoms with van der Waals surface area (Å²) in [5.41, 5.74) is 2.42. The SMILES string of the molecule is CCOC(=O)c1cnc2nc(C)ccc2c1Nc1ccc(Cl)c(F)c1. The van der Waals surface area contributed by atoms with Crippen LogP contribution in [0.1, 0.15) is 23.0 Å². The summed E-state index contributed by atoms with van der Waals surface area (Å²) in [5, 5.41) is 3.72. The van der Waals surface area contributed by atoms with E-state index in [1.54, 1.807) is 13.0 Å². The minimum Gasteiger partial charge on any atom is -0.462 e. The Bertz CT molecular complexity index is 962. The van der Waals surface area contributed by atoms with Crippen LogP contribution in [0.3, 0.4) is 0 Å². The number of anilines is 2. The van der Waals surface area contributed by atoms with Gasteiger partial charge in [-0.05, 0) is 44.2 Å². The summed E-state index contributed by atoms with van der Waals surface area (Å²) < 4.78 is 18.8. The second-order valence-electron chi connectivity index (χ2n) is 5.35. The van der Waals surface area contributed by atoms with E-state index in [1.165, 1.54) is 18.3 Å². The van der Waals surface area contributed by atoms with Crippen LogP contribution in [0.25, 0.3) is 11.0 Å². The Morgan fingerprint density at radius 1 is 1.32 bits per heavy atom. The lowest BCUT2D eigenvalue weighted by Crippen LogP contribution is -2.09. The fourth-order valence-corrected chi connectivity index (χ4v) is 2.51. The van der Waals surface area contributed by atoms with E-state index in [0.29, 0.717) is 22.4 Å². The summed E-state index contributed by atoms with van der Waals surface area (Å²) >= 11 is 5.72. The molecule has 0 aliphatic heterocycles. The number of carbonyl (C=O) groups excluding carboxylic acids is 1. The van der Waals surface area contributed by atoms with Gasteiger partial charge in [0, 0.05) is 23.0 Å². The molecule has 0 amide bonds. The summed E-state index contributed by atoms with van der Waals surface area (Å²) in [4.78, 5) is 20.9. The molecule has 0 spiro atoms. The van der Waals surface area contributed by atoms with Crippen molar-refractivity contribution in [3.63, 3.8) is 0 Å². The molecule has 0 radical (unpaired) electrons. The molecule has 0 fully saturated rings. The topological polar surface area (TPSA) is 64.1 Å². The number of benzene rings is 1. The Labute approximate surface area is 148 Å². The van der Waals surface area contributed by atoms with Crippen molar-refractivity contribution >= 4 is 40.0 Å². The highest BCUT2D eigenvalue weighted by molar-refractivity contribution is 6.30. The van der Waals surface area contributed by atoms with Gasteiger partial charge in [0.25, 0.3) is 0 Å². The van der Waals surface area contributed by atoms with Gasteiger partial charge < -0.3 is 10.1 Å². The number of carbonyl (C=O) groups is 1. The van der Waals surface area contributed by atoms with Crippen LogP contribution in [-0.4, -0.2) is 22.5 Å². The number of halogens is 2. The summed E-state index contributed by atoms with van der Waals surface area (Å²) in [6, 6.07) is 7.93. The molecule has 0 aliphatic carbocycles. The van der Waals surface area contributed by atoms with E-state index in [2.05, 4.69) is 15.3 Å². The molecule has 0 bridgehead atoms. The average molecular weight is 360 g/mol. The lowest BCUT2D eigenvalue weighted by Gasteiger charge is -2.14. The van der Waals surface area contributed by atoms with Gasteiger partial charge in [0.15, 0.2) is 5.65 Å². The van der Waals surface area contributed by atoms with Crippen molar-refractivity contribution < 1.29 is 13.9 Å². The summed E-state index contributed by atoms with van der Waals surface area (Å²) in [7, 11) is 0. The standard InChI is InChI=1S/C18H15ClFN3O2/c1-3-25-18(24)13-9-21-17-12(6-4-10(2)22-17)16(13)23-11-5-7-14(19)15(20)8-11/h4-9H,3H2,1-2H3,(H,21,22,23). The van der Waals surface area contributed by atoms with Crippen molar-refractivity contribution in [1.29, 1.82) is 0 Å². The average Bonchev–Trinajstić information content (AvgIpc) is 2.58. The zero-order valence-electron chi connectivity index (χ0n) is 13.6. The molecule has 0 aliphatic rings. The van der Waals surface area contributed by atoms with Gasteiger partial charge in [0.2, 0.25) is 0 Å². The normalized spacial score (nSPS) is 10.7. The molecule has 1 aromatic carbocycles. The fourth-order valence-electron chi connectivity index (χ4n) is 2.39. The van der Waals surface area contributed by atoms with Crippen molar-refractivity contribution in [2.24, 2.45) is 0 Å². The minimum absolute atomic E-state index is 0.0213. The Balaban J connectivity index is 2.15. The number of aryl methyl sites for hydroxylation is 1. The number of nitrogens with one attached hydrogen (secondary N) is 1. The predicted octanol–water partition coefficient (Wildman–Crippen LogP) is 4.65. The molecule has 5 nitrogen and oxygen atoms in total. The van der Waals surface area contributed by atoms with Gasteiger partial charge in [0.05, 0.1) is 17.3 Å². The van der Waals surface area contributed by atoms with Crippen molar-refractivity contribution in [3.8, 4) is 0 Å². The predicted molar refractivity (Wildman–Crippen MR) is 94.9 cm³/mol. The number of rotatable bonds is 4. The molecule has 7 heteroatoms. The molecule has 0 atom stereocenters. The third kappa shape index (κ3) is 3.53. The highest BCUT2D eigenvalue weighted by Crippen LogP contribution is 2.30. The smallest absolute Gasteiger partial charge is 0.341 e. The molecule has 1 N–H and O–H groups in total. The highest BCUT2D eigenvalue weighted by Gasteiger charge is 2.18. The monoisotopic (exact) mass is 359 g/mol. The molecule has 2 heterocycles. The highest BCUT2D eigenvalue weighted by atomic mass is 35.5. The Hall–Kier alpha value is -2.73. The van der Waals surface area contributed by atoms with Crippen LogP contribution >= 0.6 is 11.6 Å². The third-order valence-electron chi connectivity index (χ3n) is 3.55. The lowest BCUT2D eigenvalue weighted by molar-refractivity contribution is 0.0527. The number of hydrogen-bond donors (Lipinski definition) is 1. The number of pyridine rings is 2. The van der Waals surface area contributed by atoms with Gasteiger partial charge in [-0.1, -0.05) is 11.6 Å². The summed E-state index contributed by atoms with van der Waals surface area (Å²) in [6.45, 7) is 3.80. The van der Waals surface area contributed by atoms with E-state index in [9.17, 15) is 9.18 Å². The Kier molecular flexibility index (Phi) is 4.81. The van der Waals surface area contributed by atoms with E-state index in [4.69, 9.17) is 16.3 Å².